The molecule has 1 aliphatic rings. The number of carbonyl (C=O) groups is 1. The van der Waals surface area contributed by atoms with Crippen LogP contribution >= 0.6 is 0 Å². The maximum atomic E-state index is 11.4. The van der Waals surface area contributed by atoms with E-state index >= 15 is 0 Å². The average Bonchev–Trinajstić information content (AvgIpc) is 2.72. The van der Waals surface area contributed by atoms with Gasteiger partial charge in [0, 0.05) is 12.6 Å². The summed E-state index contributed by atoms with van der Waals surface area (Å²) in [5.74, 6) is -0.751. The molecule has 1 N–H and O–H groups in total. The minimum atomic E-state index is -0.751. The Morgan fingerprint density at radius 3 is 2.15 bits per heavy atom. The molecule has 3 rings (SSSR count). The lowest BCUT2D eigenvalue weighted by Gasteiger charge is -2.42. The lowest BCUT2D eigenvalue weighted by atomic mass is 9.94. The average molecular weight is 367 g/mol. The van der Waals surface area contributed by atoms with E-state index in [0.717, 1.165) is 36.9 Å². The van der Waals surface area contributed by atoms with Crippen molar-refractivity contribution in [1.29, 1.82) is 0 Å². The van der Waals surface area contributed by atoms with E-state index in [4.69, 9.17) is 4.74 Å². The zero-order chi connectivity index (χ0) is 19.2. The van der Waals surface area contributed by atoms with E-state index in [1.807, 2.05) is 36.4 Å². The molecule has 0 aromatic heterocycles. The van der Waals surface area contributed by atoms with Gasteiger partial charge in [-0.05, 0) is 37.3 Å². The molecule has 4 nitrogen and oxygen atoms in total. The quantitative estimate of drug-likeness (QED) is 0.782. The molecule has 3 unspecified atom stereocenters. The van der Waals surface area contributed by atoms with E-state index in [1.165, 1.54) is 0 Å². The van der Waals surface area contributed by atoms with Crippen LogP contribution in [0.4, 0.5) is 0 Å². The van der Waals surface area contributed by atoms with E-state index < -0.39 is 12.0 Å². The zero-order valence-corrected chi connectivity index (χ0v) is 16.1. The highest BCUT2D eigenvalue weighted by atomic mass is 16.5. The van der Waals surface area contributed by atoms with Crippen LogP contribution < -0.4 is 0 Å². The van der Waals surface area contributed by atoms with Crippen LogP contribution in [0.1, 0.15) is 50.3 Å². The number of carboxylic acids is 1. The van der Waals surface area contributed by atoms with Gasteiger partial charge in [-0.3, -0.25) is 9.69 Å². The Bertz CT molecular complexity index is 679. The number of aliphatic carboxylic acids is 1. The lowest BCUT2D eigenvalue weighted by molar-refractivity contribution is -0.146. The summed E-state index contributed by atoms with van der Waals surface area (Å²) in [6.07, 6.45) is 2.67. The number of benzene rings is 2. The second kappa shape index (κ2) is 9.16. The number of carboxylic acid groups (broad SMARTS) is 1. The van der Waals surface area contributed by atoms with Crippen LogP contribution in [0.25, 0.3) is 0 Å². The van der Waals surface area contributed by atoms with Crippen molar-refractivity contribution < 1.29 is 14.6 Å². The first kappa shape index (κ1) is 19.6. The van der Waals surface area contributed by atoms with Crippen LogP contribution in [0.15, 0.2) is 60.7 Å². The van der Waals surface area contributed by atoms with Gasteiger partial charge in [0.15, 0.2) is 0 Å². The molecule has 3 atom stereocenters. The van der Waals surface area contributed by atoms with Gasteiger partial charge in [-0.15, -0.1) is 0 Å². The van der Waals surface area contributed by atoms with E-state index in [9.17, 15) is 9.90 Å². The van der Waals surface area contributed by atoms with Gasteiger partial charge in [0.1, 0.15) is 12.1 Å². The fourth-order valence-electron chi connectivity index (χ4n) is 4.01. The van der Waals surface area contributed by atoms with Crippen LogP contribution in [0, 0.1) is 0 Å². The molecule has 144 valence electrons. The molecule has 0 radical (unpaired) electrons. The van der Waals surface area contributed by atoms with Crippen molar-refractivity contribution in [1.82, 2.24) is 4.90 Å². The molecule has 1 saturated heterocycles. The summed E-state index contributed by atoms with van der Waals surface area (Å²) in [6.45, 7) is 4.66. The van der Waals surface area contributed by atoms with Crippen LogP contribution in [0.2, 0.25) is 0 Å². The number of ether oxygens (including phenoxy) is 1. The van der Waals surface area contributed by atoms with Gasteiger partial charge in [0.05, 0.1) is 6.10 Å². The number of hydrogen-bond acceptors (Lipinski definition) is 3. The topological polar surface area (TPSA) is 49.8 Å². The van der Waals surface area contributed by atoms with Gasteiger partial charge in [-0.2, -0.15) is 0 Å². The van der Waals surface area contributed by atoms with E-state index in [0.29, 0.717) is 0 Å². The number of nitrogens with zero attached hydrogens (tertiary/aromatic N) is 1. The second-order valence-electron chi connectivity index (χ2n) is 7.30. The van der Waals surface area contributed by atoms with Gasteiger partial charge < -0.3 is 9.84 Å². The van der Waals surface area contributed by atoms with E-state index in [-0.39, 0.29) is 18.2 Å². The molecule has 0 amide bonds. The molecule has 0 spiro atoms. The molecule has 27 heavy (non-hydrogen) atoms. The summed E-state index contributed by atoms with van der Waals surface area (Å²) in [4.78, 5) is 13.5. The maximum absolute atomic E-state index is 11.4. The Labute approximate surface area is 161 Å². The van der Waals surface area contributed by atoms with Crippen molar-refractivity contribution in [3.63, 3.8) is 0 Å². The third-order valence-electron chi connectivity index (χ3n) is 5.57. The van der Waals surface area contributed by atoms with Crippen LogP contribution in [-0.2, 0) is 9.53 Å². The number of hydrogen-bond donors (Lipinski definition) is 1. The first-order valence-corrected chi connectivity index (χ1v) is 9.84. The summed E-state index contributed by atoms with van der Waals surface area (Å²) < 4.78 is 6.61. The molecule has 2 aromatic carbocycles. The summed E-state index contributed by atoms with van der Waals surface area (Å²) in [5.41, 5.74) is 2.30. The van der Waals surface area contributed by atoms with Gasteiger partial charge in [-0.25, -0.2) is 0 Å². The van der Waals surface area contributed by atoms with Crippen LogP contribution in [0.3, 0.4) is 0 Å². The van der Waals surface area contributed by atoms with Crippen LogP contribution in [-0.4, -0.2) is 40.7 Å². The highest BCUT2D eigenvalue weighted by molar-refractivity contribution is 5.72. The summed E-state index contributed by atoms with van der Waals surface area (Å²) >= 11 is 0. The number of rotatable bonds is 7. The Morgan fingerprint density at radius 2 is 1.67 bits per heavy atom. The Morgan fingerprint density at radius 1 is 1.11 bits per heavy atom. The fraction of sp³-hybridized carbons (Fsp3) is 0.435. The van der Waals surface area contributed by atoms with Gasteiger partial charge in [0.25, 0.3) is 0 Å². The van der Waals surface area contributed by atoms with Crippen molar-refractivity contribution in [2.24, 2.45) is 0 Å². The first-order chi connectivity index (χ1) is 13.1. The third kappa shape index (κ3) is 4.76. The van der Waals surface area contributed by atoms with Crippen molar-refractivity contribution in [3.05, 3.63) is 71.8 Å². The summed E-state index contributed by atoms with van der Waals surface area (Å²) in [6, 6.07) is 20.4. The minimum absolute atomic E-state index is 0.0987. The minimum Gasteiger partial charge on any atom is -0.480 e. The van der Waals surface area contributed by atoms with E-state index in [2.05, 4.69) is 36.1 Å². The molecule has 1 heterocycles. The van der Waals surface area contributed by atoms with Gasteiger partial charge >= 0.3 is 5.97 Å². The molecular weight excluding hydrogens is 338 g/mol. The van der Waals surface area contributed by atoms with Crippen molar-refractivity contribution in [2.75, 3.05) is 6.54 Å². The normalized spacial score (nSPS) is 21.9. The zero-order valence-electron chi connectivity index (χ0n) is 16.1. The summed E-state index contributed by atoms with van der Waals surface area (Å²) in [5, 5.41) is 9.38. The smallest absolute Gasteiger partial charge is 0.320 e. The molecular formula is C23H29NO3. The van der Waals surface area contributed by atoms with Gasteiger partial charge in [-0.1, -0.05) is 67.6 Å². The Kier molecular flexibility index (Phi) is 6.64. The largest absolute Gasteiger partial charge is 0.480 e. The van der Waals surface area contributed by atoms with Crippen molar-refractivity contribution in [3.8, 4) is 0 Å². The lowest BCUT2D eigenvalue weighted by Crippen LogP contribution is -2.51. The molecule has 0 aliphatic carbocycles. The highest BCUT2D eigenvalue weighted by Crippen LogP contribution is 2.32. The van der Waals surface area contributed by atoms with Gasteiger partial charge in [0.2, 0.25) is 0 Å². The Hall–Kier alpha value is -2.17. The van der Waals surface area contributed by atoms with Crippen molar-refractivity contribution >= 4 is 5.97 Å². The third-order valence-corrected chi connectivity index (χ3v) is 5.57. The second-order valence-corrected chi connectivity index (χ2v) is 7.30. The van der Waals surface area contributed by atoms with Crippen molar-refractivity contribution in [2.45, 2.75) is 57.4 Å². The van der Waals surface area contributed by atoms with Crippen LogP contribution in [0.5, 0.6) is 0 Å². The SMILES string of the molecule is CCC1CC(OC(c2ccccc2)c2ccccc2)CCN1C(C)C(=O)O. The van der Waals surface area contributed by atoms with E-state index in [1.54, 1.807) is 6.92 Å². The molecule has 0 bridgehead atoms. The predicted molar refractivity (Wildman–Crippen MR) is 107 cm³/mol. The monoisotopic (exact) mass is 367 g/mol. The molecule has 1 fully saturated rings. The maximum Gasteiger partial charge on any atom is 0.320 e. The molecule has 1 aliphatic heterocycles. The highest BCUT2D eigenvalue weighted by Gasteiger charge is 2.34. The standard InChI is InChI=1S/C23H29NO3/c1-3-20-16-21(14-15-24(20)17(2)23(25)26)27-22(18-10-6-4-7-11-18)19-12-8-5-9-13-19/h4-13,17,20-22H,3,14-16H2,1-2H3,(H,25,26). The first-order valence-electron chi connectivity index (χ1n) is 9.84. The molecule has 4 heteroatoms. The Balaban J connectivity index is 1.76. The molecule has 0 saturated carbocycles. The molecule has 2 aromatic rings. The summed E-state index contributed by atoms with van der Waals surface area (Å²) in [7, 11) is 0. The predicted octanol–water partition coefficient (Wildman–Crippen LogP) is 4.51. The fourth-order valence-corrected chi connectivity index (χ4v) is 4.01. The number of likely N-dealkylation sites (tertiary alicyclic amines) is 1. The number of piperidine rings is 1.